The zero-order valence-corrected chi connectivity index (χ0v) is 12.8. The minimum atomic E-state index is -0.724. The second-order valence-electron chi connectivity index (χ2n) is 5.91. The number of rotatable bonds is 2. The van der Waals surface area contributed by atoms with Gasteiger partial charge in [-0.2, -0.15) is 0 Å². The summed E-state index contributed by atoms with van der Waals surface area (Å²) in [4.78, 5) is 40.5. The van der Waals surface area contributed by atoms with Gasteiger partial charge < -0.3 is 15.2 Å². The number of aromatic amines is 1. The summed E-state index contributed by atoms with van der Waals surface area (Å²) in [5, 5.41) is 4.66. The molecule has 21 heavy (non-hydrogen) atoms. The fourth-order valence-electron chi connectivity index (χ4n) is 3.26. The lowest BCUT2D eigenvalue weighted by atomic mass is 9.78. The van der Waals surface area contributed by atoms with Crippen molar-refractivity contribution in [2.24, 2.45) is 0 Å². The van der Waals surface area contributed by atoms with Crippen LogP contribution in [0.25, 0.3) is 0 Å². The van der Waals surface area contributed by atoms with E-state index in [9.17, 15) is 14.4 Å². The van der Waals surface area contributed by atoms with Crippen LogP contribution in [0.4, 0.5) is 0 Å². The van der Waals surface area contributed by atoms with Crippen molar-refractivity contribution in [1.82, 2.24) is 15.2 Å². The number of aromatic nitrogens is 1. The summed E-state index contributed by atoms with van der Waals surface area (Å²) in [6.45, 7) is 2.02. The third-order valence-electron chi connectivity index (χ3n) is 4.50. The van der Waals surface area contributed by atoms with E-state index in [1.54, 1.807) is 17.2 Å². The molecule has 1 unspecified atom stereocenters. The zero-order chi connectivity index (χ0) is 15.0. The van der Waals surface area contributed by atoms with Gasteiger partial charge in [0.15, 0.2) is 0 Å². The summed E-state index contributed by atoms with van der Waals surface area (Å²) in [7, 11) is 0. The summed E-state index contributed by atoms with van der Waals surface area (Å²) in [5.41, 5.74) is -0.0381. The van der Waals surface area contributed by atoms with Gasteiger partial charge in [0.1, 0.15) is 11.6 Å². The van der Waals surface area contributed by atoms with Crippen LogP contribution in [0, 0.1) is 0 Å². The molecule has 2 aliphatic rings. The predicted molar refractivity (Wildman–Crippen MR) is 78.9 cm³/mol. The lowest BCUT2D eigenvalue weighted by Crippen LogP contribution is -2.69. The monoisotopic (exact) mass is 309 g/mol. The molecule has 0 radical (unpaired) electrons. The molecule has 2 fully saturated rings. The van der Waals surface area contributed by atoms with Crippen molar-refractivity contribution in [1.29, 1.82) is 0 Å². The van der Waals surface area contributed by atoms with Crippen molar-refractivity contribution in [3.05, 3.63) is 20.7 Å². The van der Waals surface area contributed by atoms with Gasteiger partial charge in [0.2, 0.25) is 11.8 Å². The molecule has 1 atom stereocenters. The standard InChI is InChI=1S/C14H19N3O3S/c1-9-11(18)16-14(5-3-2-4-6-14)12(19)17(9)7-10-8-21-13(20)15-10/h8-9H,2-7H2,1H3,(H,15,20)(H,16,18). The first-order chi connectivity index (χ1) is 10.0. The molecule has 0 bridgehead atoms. The highest BCUT2D eigenvalue weighted by Crippen LogP contribution is 2.33. The molecule has 2 amide bonds. The predicted octanol–water partition coefficient (Wildman–Crippen LogP) is 0.986. The van der Waals surface area contributed by atoms with Gasteiger partial charge in [-0.05, 0) is 19.8 Å². The second kappa shape index (κ2) is 5.29. The number of H-pyrrole nitrogens is 1. The largest absolute Gasteiger partial charge is 0.340 e. The van der Waals surface area contributed by atoms with Crippen LogP contribution < -0.4 is 10.2 Å². The van der Waals surface area contributed by atoms with Gasteiger partial charge >= 0.3 is 4.87 Å². The molecular formula is C14H19N3O3S. The van der Waals surface area contributed by atoms with Crippen LogP contribution in [0.5, 0.6) is 0 Å². The Labute approximate surface area is 126 Å². The molecular weight excluding hydrogens is 290 g/mol. The van der Waals surface area contributed by atoms with E-state index in [0.29, 0.717) is 18.5 Å². The molecule has 6 nitrogen and oxygen atoms in total. The molecule has 3 rings (SSSR count). The number of thiazole rings is 1. The fraction of sp³-hybridized carbons (Fsp3) is 0.643. The highest BCUT2D eigenvalue weighted by atomic mass is 32.1. The number of carbonyl (C=O) groups excluding carboxylic acids is 2. The quantitative estimate of drug-likeness (QED) is 0.854. The first kappa shape index (κ1) is 14.3. The Balaban J connectivity index is 1.87. The maximum absolute atomic E-state index is 12.9. The van der Waals surface area contributed by atoms with Crippen molar-refractivity contribution in [2.45, 2.75) is 57.2 Å². The summed E-state index contributed by atoms with van der Waals surface area (Å²) in [6, 6.07) is -0.506. The van der Waals surface area contributed by atoms with E-state index >= 15 is 0 Å². The van der Waals surface area contributed by atoms with Crippen molar-refractivity contribution >= 4 is 23.2 Å². The molecule has 1 aromatic heterocycles. The first-order valence-electron chi connectivity index (χ1n) is 7.32. The summed E-state index contributed by atoms with van der Waals surface area (Å²) in [5.74, 6) is -0.115. The van der Waals surface area contributed by atoms with E-state index in [0.717, 1.165) is 30.6 Å². The van der Waals surface area contributed by atoms with Crippen molar-refractivity contribution < 1.29 is 9.59 Å². The first-order valence-corrected chi connectivity index (χ1v) is 8.20. The normalized spacial score (nSPS) is 25.2. The number of hydrogen-bond acceptors (Lipinski definition) is 4. The summed E-state index contributed by atoms with van der Waals surface area (Å²) in [6.07, 6.45) is 4.45. The van der Waals surface area contributed by atoms with Gasteiger partial charge in [-0.3, -0.25) is 14.4 Å². The van der Waals surface area contributed by atoms with Gasteiger partial charge in [0, 0.05) is 11.1 Å². The Morgan fingerprint density at radius 1 is 1.29 bits per heavy atom. The van der Waals surface area contributed by atoms with E-state index in [2.05, 4.69) is 10.3 Å². The van der Waals surface area contributed by atoms with Crippen molar-refractivity contribution in [3.8, 4) is 0 Å². The number of amides is 2. The average molecular weight is 309 g/mol. The van der Waals surface area contributed by atoms with Gasteiger partial charge in [-0.15, -0.1) is 0 Å². The SMILES string of the molecule is CC1C(=O)NC2(CCCCC2)C(=O)N1Cc1csc(=O)[nH]1. The number of nitrogens with one attached hydrogen (secondary N) is 2. The van der Waals surface area contributed by atoms with E-state index in [1.807, 2.05) is 0 Å². The molecule has 7 heteroatoms. The number of hydrogen-bond donors (Lipinski definition) is 2. The Kier molecular flexibility index (Phi) is 3.61. The molecule has 2 heterocycles. The van der Waals surface area contributed by atoms with Crippen LogP contribution in [0.1, 0.15) is 44.7 Å². The Morgan fingerprint density at radius 2 is 2.00 bits per heavy atom. The van der Waals surface area contributed by atoms with E-state index < -0.39 is 11.6 Å². The highest BCUT2D eigenvalue weighted by Gasteiger charge is 2.49. The van der Waals surface area contributed by atoms with Crippen LogP contribution >= 0.6 is 11.3 Å². The average Bonchev–Trinajstić information content (AvgIpc) is 2.88. The molecule has 1 aliphatic carbocycles. The highest BCUT2D eigenvalue weighted by molar-refractivity contribution is 7.07. The van der Waals surface area contributed by atoms with Crippen LogP contribution in [0.2, 0.25) is 0 Å². The van der Waals surface area contributed by atoms with Gasteiger partial charge in [-0.1, -0.05) is 30.6 Å². The molecule has 1 spiro atoms. The molecule has 0 aromatic carbocycles. The fourth-order valence-corrected chi connectivity index (χ4v) is 3.84. The van der Waals surface area contributed by atoms with Crippen LogP contribution in [0.3, 0.4) is 0 Å². The third-order valence-corrected chi connectivity index (χ3v) is 5.22. The maximum Gasteiger partial charge on any atom is 0.304 e. The van der Waals surface area contributed by atoms with Gasteiger partial charge in [0.25, 0.3) is 0 Å². The maximum atomic E-state index is 12.9. The second-order valence-corrected chi connectivity index (χ2v) is 6.76. The molecule has 1 saturated heterocycles. The Bertz CT molecular complexity index is 615. The topological polar surface area (TPSA) is 82.3 Å². The van der Waals surface area contributed by atoms with Crippen molar-refractivity contribution in [3.63, 3.8) is 0 Å². The van der Waals surface area contributed by atoms with Crippen molar-refractivity contribution in [2.75, 3.05) is 0 Å². The van der Waals surface area contributed by atoms with E-state index in [4.69, 9.17) is 0 Å². The van der Waals surface area contributed by atoms with Crippen LogP contribution in [-0.4, -0.2) is 33.3 Å². The minimum Gasteiger partial charge on any atom is -0.340 e. The number of piperazine rings is 1. The molecule has 1 aliphatic heterocycles. The van der Waals surface area contributed by atoms with E-state index in [1.165, 1.54) is 0 Å². The number of nitrogens with zero attached hydrogens (tertiary/aromatic N) is 1. The lowest BCUT2D eigenvalue weighted by molar-refractivity contribution is -0.156. The van der Waals surface area contributed by atoms with Crippen LogP contribution in [-0.2, 0) is 16.1 Å². The molecule has 1 aromatic rings. The zero-order valence-electron chi connectivity index (χ0n) is 12.0. The Morgan fingerprint density at radius 3 is 2.62 bits per heavy atom. The molecule has 2 N–H and O–H groups in total. The number of carbonyl (C=O) groups is 2. The lowest BCUT2D eigenvalue weighted by Gasteiger charge is -2.46. The van der Waals surface area contributed by atoms with Crippen LogP contribution in [0.15, 0.2) is 10.2 Å². The third kappa shape index (κ3) is 2.50. The summed E-state index contributed by atoms with van der Waals surface area (Å²) >= 11 is 1.07. The summed E-state index contributed by atoms with van der Waals surface area (Å²) < 4.78 is 0. The Hall–Kier alpha value is -1.63. The molecule has 114 valence electrons. The van der Waals surface area contributed by atoms with Gasteiger partial charge in [0.05, 0.1) is 6.54 Å². The minimum absolute atomic E-state index is 0.0126. The van der Waals surface area contributed by atoms with Gasteiger partial charge in [-0.25, -0.2) is 0 Å². The molecule has 1 saturated carbocycles. The van der Waals surface area contributed by atoms with E-state index in [-0.39, 0.29) is 23.2 Å². The smallest absolute Gasteiger partial charge is 0.304 e.